The first-order valence-corrected chi connectivity index (χ1v) is 13.9. The van der Waals surface area contributed by atoms with Crippen LogP contribution in [0.1, 0.15) is 48.2 Å². The lowest BCUT2D eigenvalue weighted by molar-refractivity contribution is -0.141. The van der Waals surface area contributed by atoms with Gasteiger partial charge in [0.15, 0.2) is 0 Å². The van der Waals surface area contributed by atoms with E-state index < -0.39 is 6.04 Å². The van der Waals surface area contributed by atoms with Crippen LogP contribution < -0.4 is 10.2 Å². The van der Waals surface area contributed by atoms with Gasteiger partial charge in [0.25, 0.3) is 5.91 Å². The number of anilines is 1. The van der Waals surface area contributed by atoms with Crippen LogP contribution in [0.2, 0.25) is 0 Å². The van der Waals surface area contributed by atoms with Crippen molar-refractivity contribution in [2.75, 3.05) is 11.4 Å². The van der Waals surface area contributed by atoms with Crippen LogP contribution in [0.5, 0.6) is 0 Å². The highest BCUT2D eigenvalue weighted by Gasteiger charge is 2.32. The second-order valence-corrected chi connectivity index (χ2v) is 10.6. The van der Waals surface area contributed by atoms with E-state index in [2.05, 4.69) is 5.32 Å². The number of carbonyl (C=O) groups excluding carboxylic acids is 3. The van der Waals surface area contributed by atoms with E-state index in [0.29, 0.717) is 31.5 Å². The van der Waals surface area contributed by atoms with E-state index >= 15 is 0 Å². The van der Waals surface area contributed by atoms with Crippen molar-refractivity contribution in [3.05, 3.63) is 114 Å². The standard InChI is InChI=1S/C34H35N3O3/c1-24(2)35-33(39)30(22-25-12-5-3-6-13-25)37(23-26-14-7-4-8-15-26)31(38)20-11-21-36-29-19-10-17-27-16-9-18-28(32(27)29)34(36)40/h3-10,12-19,24,30H,11,20-23H2,1-2H3,(H,35,39). The Hall–Kier alpha value is -4.45. The average Bonchev–Trinajstić information content (AvgIpc) is 3.23. The van der Waals surface area contributed by atoms with Crippen LogP contribution in [0.4, 0.5) is 5.69 Å². The molecular weight excluding hydrogens is 498 g/mol. The number of hydrogen-bond acceptors (Lipinski definition) is 3. The summed E-state index contributed by atoms with van der Waals surface area (Å²) in [6.07, 6.45) is 1.13. The smallest absolute Gasteiger partial charge is 0.258 e. The number of carbonyl (C=O) groups is 3. The molecule has 6 nitrogen and oxygen atoms in total. The number of benzene rings is 4. The molecular formula is C34H35N3O3. The number of nitrogens with one attached hydrogen (secondary N) is 1. The summed E-state index contributed by atoms with van der Waals surface area (Å²) in [4.78, 5) is 44.1. The lowest BCUT2D eigenvalue weighted by Crippen LogP contribution is -2.51. The summed E-state index contributed by atoms with van der Waals surface area (Å²) in [5.41, 5.74) is 3.55. The van der Waals surface area contributed by atoms with E-state index in [9.17, 15) is 14.4 Å². The van der Waals surface area contributed by atoms with Crippen molar-refractivity contribution in [1.82, 2.24) is 10.2 Å². The summed E-state index contributed by atoms with van der Waals surface area (Å²) in [7, 11) is 0. The van der Waals surface area contributed by atoms with Crippen molar-refractivity contribution in [3.63, 3.8) is 0 Å². The van der Waals surface area contributed by atoms with Gasteiger partial charge in [-0.15, -0.1) is 0 Å². The van der Waals surface area contributed by atoms with E-state index in [1.807, 2.05) is 111 Å². The molecule has 0 bridgehead atoms. The van der Waals surface area contributed by atoms with Gasteiger partial charge in [-0.1, -0.05) is 84.9 Å². The van der Waals surface area contributed by atoms with E-state index in [0.717, 1.165) is 27.6 Å². The summed E-state index contributed by atoms with van der Waals surface area (Å²) < 4.78 is 0. The third-order valence-electron chi connectivity index (χ3n) is 7.32. The SMILES string of the molecule is CC(C)NC(=O)C(Cc1ccccc1)N(Cc1ccccc1)C(=O)CCCN1C(=O)c2cccc3cccc1c23. The van der Waals surface area contributed by atoms with E-state index in [-0.39, 0.29) is 30.2 Å². The molecule has 6 heteroatoms. The summed E-state index contributed by atoms with van der Waals surface area (Å²) in [6, 6.07) is 30.6. The Morgan fingerprint density at radius 1 is 0.825 bits per heavy atom. The van der Waals surface area contributed by atoms with Crippen LogP contribution in [-0.4, -0.2) is 41.2 Å². The molecule has 1 atom stereocenters. The van der Waals surface area contributed by atoms with Gasteiger partial charge in [0.1, 0.15) is 6.04 Å². The van der Waals surface area contributed by atoms with E-state index in [1.165, 1.54) is 0 Å². The van der Waals surface area contributed by atoms with Crippen molar-refractivity contribution in [3.8, 4) is 0 Å². The molecule has 0 fully saturated rings. The molecule has 0 radical (unpaired) electrons. The molecule has 3 amide bonds. The fraction of sp³-hybridized carbons (Fsp3) is 0.265. The van der Waals surface area contributed by atoms with Crippen molar-refractivity contribution >= 4 is 34.2 Å². The maximum absolute atomic E-state index is 13.9. The zero-order valence-electron chi connectivity index (χ0n) is 23.0. The lowest BCUT2D eigenvalue weighted by atomic mass is 10.0. The van der Waals surface area contributed by atoms with Crippen LogP contribution in [0, 0.1) is 0 Å². The summed E-state index contributed by atoms with van der Waals surface area (Å²) in [5.74, 6) is -0.301. The van der Waals surface area contributed by atoms with Crippen LogP contribution in [0.3, 0.4) is 0 Å². The highest BCUT2D eigenvalue weighted by atomic mass is 16.2. The molecule has 1 N–H and O–H groups in total. The second-order valence-electron chi connectivity index (χ2n) is 10.6. The summed E-state index contributed by atoms with van der Waals surface area (Å²) >= 11 is 0. The van der Waals surface area contributed by atoms with Gasteiger partial charge < -0.3 is 15.1 Å². The summed E-state index contributed by atoms with van der Waals surface area (Å²) in [5, 5.41) is 5.04. The average molecular weight is 534 g/mol. The zero-order valence-corrected chi connectivity index (χ0v) is 23.0. The van der Waals surface area contributed by atoms with Gasteiger partial charge in [0.05, 0.1) is 5.69 Å². The Kier molecular flexibility index (Phi) is 8.25. The predicted molar refractivity (Wildman–Crippen MR) is 159 cm³/mol. The Bertz CT molecular complexity index is 1500. The monoisotopic (exact) mass is 533 g/mol. The quantitative estimate of drug-likeness (QED) is 0.267. The minimum absolute atomic E-state index is 0.0290. The normalized spacial score (nSPS) is 13.1. The molecule has 0 aromatic heterocycles. The van der Waals surface area contributed by atoms with Crippen LogP contribution >= 0.6 is 0 Å². The van der Waals surface area contributed by atoms with E-state index in [1.54, 1.807) is 9.80 Å². The second kappa shape index (κ2) is 12.2. The van der Waals surface area contributed by atoms with Crippen LogP contribution in [0.15, 0.2) is 97.1 Å². The molecule has 1 aliphatic heterocycles. The lowest BCUT2D eigenvalue weighted by Gasteiger charge is -2.32. The molecule has 1 aliphatic rings. The van der Waals surface area contributed by atoms with Gasteiger partial charge in [-0.3, -0.25) is 14.4 Å². The fourth-order valence-corrected chi connectivity index (χ4v) is 5.45. The Labute approximate surface area is 235 Å². The number of nitrogens with zero attached hydrogens (tertiary/aromatic N) is 2. The molecule has 204 valence electrons. The molecule has 4 aromatic rings. The van der Waals surface area contributed by atoms with Crippen molar-refractivity contribution in [2.45, 2.75) is 51.7 Å². The summed E-state index contributed by atoms with van der Waals surface area (Å²) in [6.45, 7) is 4.61. The molecule has 0 saturated heterocycles. The first-order chi connectivity index (χ1) is 19.4. The molecule has 0 spiro atoms. The molecule has 0 saturated carbocycles. The highest BCUT2D eigenvalue weighted by molar-refractivity contribution is 6.25. The molecule has 1 unspecified atom stereocenters. The molecule has 40 heavy (non-hydrogen) atoms. The van der Waals surface area contributed by atoms with Gasteiger partial charge in [-0.05, 0) is 48.9 Å². The molecule has 4 aromatic carbocycles. The van der Waals surface area contributed by atoms with E-state index in [4.69, 9.17) is 0 Å². The van der Waals surface area contributed by atoms with Crippen LogP contribution in [0.25, 0.3) is 10.8 Å². The molecule has 0 aliphatic carbocycles. The Balaban J connectivity index is 1.36. The maximum Gasteiger partial charge on any atom is 0.258 e. The van der Waals surface area contributed by atoms with Crippen molar-refractivity contribution < 1.29 is 14.4 Å². The molecule has 1 heterocycles. The van der Waals surface area contributed by atoms with Gasteiger partial charge in [-0.2, -0.15) is 0 Å². The predicted octanol–water partition coefficient (Wildman–Crippen LogP) is 5.74. The third-order valence-corrected chi connectivity index (χ3v) is 7.32. The topological polar surface area (TPSA) is 69.7 Å². The zero-order chi connectivity index (χ0) is 28.1. The fourth-order valence-electron chi connectivity index (χ4n) is 5.45. The van der Waals surface area contributed by atoms with Crippen LogP contribution in [-0.2, 0) is 22.6 Å². The van der Waals surface area contributed by atoms with Gasteiger partial charge in [0.2, 0.25) is 11.8 Å². The van der Waals surface area contributed by atoms with Gasteiger partial charge in [-0.25, -0.2) is 0 Å². The first kappa shape index (κ1) is 27.1. The van der Waals surface area contributed by atoms with Crippen molar-refractivity contribution in [2.24, 2.45) is 0 Å². The number of amides is 3. The first-order valence-electron chi connectivity index (χ1n) is 13.9. The molecule has 5 rings (SSSR count). The van der Waals surface area contributed by atoms with Crippen molar-refractivity contribution in [1.29, 1.82) is 0 Å². The minimum atomic E-state index is -0.663. The number of rotatable bonds is 11. The Morgan fingerprint density at radius 2 is 1.48 bits per heavy atom. The van der Waals surface area contributed by atoms with Gasteiger partial charge in [0, 0.05) is 42.9 Å². The third kappa shape index (κ3) is 5.91. The number of hydrogen-bond donors (Lipinski definition) is 1. The minimum Gasteiger partial charge on any atom is -0.352 e. The maximum atomic E-state index is 13.9. The largest absolute Gasteiger partial charge is 0.352 e. The van der Waals surface area contributed by atoms with Gasteiger partial charge >= 0.3 is 0 Å². The highest BCUT2D eigenvalue weighted by Crippen LogP contribution is 2.37. The Morgan fingerprint density at radius 3 is 2.15 bits per heavy atom.